The van der Waals surface area contributed by atoms with E-state index >= 15 is 0 Å². The van der Waals surface area contributed by atoms with Gasteiger partial charge in [-0.25, -0.2) is 4.98 Å². The molecule has 2 amide bonds. The molecule has 1 aromatic carbocycles. The average Bonchev–Trinajstić information content (AvgIpc) is 3.15. The molecule has 2 aliphatic rings. The number of amides is 2. The lowest BCUT2D eigenvalue weighted by atomic mass is 10.2. The summed E-state index contributed by atoms with van der Waals surface area (Å²) < 4.78 is 5.35. The minimum absolute atomic E-state index is 0.138. The molecule has 2 aliphatic heterocycles. The van der Waals surface area contributed by atoms with Crippen molar-refractivity contribution < 1.29 is 14.3 Å². The lowest BCUT2D eigenvalue weighted by molar-refractivity contribution is -0.117. The number of anilines is 3. The van der Waals surface area contributed by atoms with Crippen LogP contribution in [0.4, 0.5) is 17.2 Å². The number of pyridine rings is 1. The standard InChI is InChI=1S/C20H22N4O3/c25-19-2-1-9-24(19)17-6-3-15(4-7-17)20(26)22-16-5-8-18(21-14-16)23-10-12-27-13-11-23/h3-8,14H,1-2,9-13H2,(H,22,26). The van der Waals surface area contributed by atoms with Gasteiger partial charge in [-0.05, 0) is 42.8 Å². The fourth-order valence-electron chi connectivity index (χ4n) is 3.36. The molecule has 7 heteroatoms. The minimum atomic E-state index is -0.199. The van der Waals surface area contributed by atoms with E-state index in [1.165, 1.54) is 0 Å². The van der Waals surface area contributed by atoms with Crippen molar-refractivity contribution >= 4 is 29.0 Å². The summed E-state index contributed by atoms with van der Waals surface area (Å²) in [6.45, 7) is 3.80. The van der Waals surface area contributed by atoms with E-state index in [0.29, 0.717) is 30.9 Å². The number of nitrogens with one attached hydrogen (secondary N) is 1. The van der Waals surface area contributed by atoms with Crippen molar-refractivity contribution in [2.24, 2.45) is 0 Å². The van der Waals surface area contributed by atoms with Gasteiger partial charge in [-0.2, -0.15) is 0 Å². The summed E-state index contributed by atoms with van der Waals surface area (Å²) in [5, 5.41) is 2.86. The first kappa shape index (κ1) is 17.5. The van der Waals surface area contributed by atoms with E-state index in [2.05, 4.69) is 15.2 Å². The van der Waals surface area contributed by atoms with E-state index < -0.39 is 0 Å². The smallest absolute Gasteiger partial charge is 0.255 e. The lowest BCUT2D eigenvalue weighted by Gasteiger charge is -2.27. The van der Waals surface area contributed by atoms with Crippen LogP contribution in [0.25, 0.3) is 0 Å². The van der Waals surface area contributed by atoms with Crippen LogP contribution >= 0.6 is 0 Å². The largest absolute Gasteiger partial charge is 0.378 e. The van der Waals surface area contributed by atoms with Gasteiger partial charge in [-0.1, -0.05) is 0 Å². The van der Waals surface area contributed by atoms with Crippen molar-refractivity contribution in [2.45, 2.75) is 12.8 Å². The van der Waals surface area contributed by atoms with Crippen LogP contribution < -0.4 is 15.1 Å². The molecule has 27 heavy (non-hydrogen) atoms. The summed E-state index contributed by atoms with van der Waals surface area (Å²) in [6.07, 6.45) is 3.14. The van der Waals surface area contributed by atoms with Gasteiger partial charge in [-0.15, -0.1) is 0 Å². The van der Waals surface area contributed by atoms with Crippen molar-refractivity contribution in [1.29, 1.82) is 0 Å². The van der Waals surface area contributed by atoms with Crippen LogP contribution in [-0.2, 0) is 9.53 Å². The van der Waals surface area contributed by atoms with Gasteiger partial charge in [0.25, 0.3) is 5.91 Å². The van der Waals surface area contributed by atoms with Crippen molar-refractivity contribution in [3.63, 3.8) is 0 Å². The van der Waals surface area contributed by atoms with Gasteiger partial charge in [0.05, 0.1) is 25.1 Å². The molecule has 0 bridgehead atoms. The fraction of sp³-hybridized carbons (Fsp3) is 0.350. The molecule has 3 heterocycles. The van der Waals surface area contributed by atoms with Crippen LogP contribution in [0.2, 0.25) is 0 Å². The zero-order valence-corrected chi connectivity index (χ0v) is 15.1. The second kappa shape index (κ2) is 7.75. The van der Waals surface area contributed by atoms with Crippen LogP contribution in [0.15, 0.2) is 42.6 Å². The number of morpholine rings is 1. The molecule has 0 radical (unpaired) electrons. The molecule has 0 aliphatic carbocycles. The molecular formula is C20H22N4O3. The molecule has 0 unspecified atom stereocenters. The van der Waals surface area contributed by atoms with Crippen LogP contribution in [0.1, 0.15) is 23.2 Å². The highest BCUT2D eigenvalue weighted by Gasteiger charge is 2.21. The Morgan fingerprint density at radius 2 is 1.81 bits per heavy atom. The molecular weight excluding hydrogens is 344 g/mol. The van der Waals surface area contributed by atoms with Crippen LogP contribution in [0.5, 0.6) is 0 Å². The number of carbonyl (C=O) groups excluding carboxylic acids is 2. The number of carbonyl (C=O) groups is 2. The predicted molar refractivity (Wildman–Crippen MR) is 103 cm³/mol. The zero-order valence-electron chi connectivity index (χ0n) is 15.1. The maximum absolute atomic E-state index is 12.5. The van der Waals surface area contributed by atoms with E-state index in [-0.39, 0.29) is 11.8 Å². The first-order valence-corrected chi connectivity index (χ1v) is 9.21. The molecule has 2 aromatic rings. The summed E-state index contributed by atoms with van der Waals surface area (Å²) in [5.74, 6) is 0.824. The second-order valence-electron chi connectivity index (χ2n) is 6.65. The van der Waals surface area contributed by atoms with Crippen molar-refractivity contribution in [3.8, 4) is 0 Å². The Kier molecular flexibility index (Phi) is 5.02. The molecule has 1 aromatic heterocycles. The van der Waals surface area contributed by atoms with E-state index in [1.807, 2.05) is 24.3 Å². The number of hydrogen-bond donors (Lipinski definition) is 1. The third kappa shape index (κ3) is 3.93. The third-order valence-corrected chi connectivity index (χ3v) is 4.86. The first-order chi connectivity index (χ1) is 13.2. The Hall–Kier alpha value is -2.93. The highest BCUT2D eigenvalue weighted by atomic mass is 16.5. The summed E-state index contributed by atoms with van der Waals surface area (Å²) in [6, 6.07) is 10.9. The Morgan fingerprint density at radius 3 is 2.44 bits per heavy atom. The number of ether oxygens (including phenoxy) is 1. The van der Waals surface area contributed by atoms with E-state index in [9.17, 15) is 9.59 Å². The van der Waals surface area contributed by atoms with Gasteiger partial charge in [0.1, 0.15) is 5.82 Å². The van der Waals surface area contributed by atoms with Crippen LogP contribution in [0.3, 0.4) is 0 Å². The van der Waals surface area contributed by atoms with E-state index in [0.717, 1.165) is 37.6 Å². The van der Waals surface area contributed by atoms with Gasteiger partial charge in [0, 0.05) is 37.3 Å². The molecule has 2 fully saturated rings. The number of nitrogens with zero attached hydrogens (tertiary/aromatic N) is 3. The van der Waals surface area contributed by atoms with Crippen LogP contribution in [-0.4, -0.2) is 49.6 Å². The zero-order chi connectivity index (χ0) is 18.6. The SMILES string of the molecule is O=C(Nc1ccc(N2CCOCC2)nc1)c1ccc(N2CCCC2=O)cc1. The normalized spacial score (nSPS) is 17.3. The van der Waals surface area contributed by atoms with E-state index in [1.54, 1.807) is 23.2 Å². The molecule has 0 atom stereocenters. The molecule has 0 saturated carbocycles. The third-order valence-electron chi connectivity index (χ3n) is 4.86. The molecule has 0 spiro atoms. The Balaban J connectivity index is 1.39. The lowest BCUT2D eigenvalue weighted by Crippen LogP contribution is -2.36. The number of rotatable bonds is 4. The van der Waals surface area contributed by atoms with Gasteiger partial charge >= 0.3 is 0 Å². The summed E-state index contributed by atoms with van der Waals surface area (Å²) in [5.41, 5.74) is 2.03. The highest BCUT2D eigenvalue weighted by Crippen LogP contribution is 2.22. The highest BCUT2D eigenvalue weighted by molar-refractivity contribution is 6.04. The predicted octanol–water partition coefficient (Wildman–Crippen LogP) is 2.30. The monoisotopic (exact) mass is 366 g/mol. The summed E-state index contributed by atoms with van der Waals surface area (Å²) in [4.78, 5) is 32.6. The maximum atomic E-state index is 12.5. The quantitative estimate of drug-likeness (QED) is 0.899. The number of benzene rings is 1. The van der Waals surface area contributed by atoms with Crippen molar-refractivity contribution in [3.05, 3.63) is 48.2 Å². The Bertz CT molecular complexity index is 814. The average molecular weight is 366 g/mol. The molecule has 140 valence electrons. The van der Waals surface area contributed by atoms with Crippen molar-refractivity contribution in [1.82, 2.24) is 4.98 Å². The summed E-state index contributed by atoms with van der Waals surface area (Å²) in [7, 11) is 0. The minimum Gasteiger partial charge on any atom is -0.378 e. The van der Waals surface area contributed by atoms with Crippen LogP contribution in [0, 0.1) is 0 Å². The molecule has 7 nitrogen and oxygen atoms in total. The van der Waals surface area contributed by atoms with Gasteiger partial charge in [0.2, 0.25) is 5.91 Å². The number of aromatic nitrogens is 1. The number of hydrogen-bond acceptors (Lipinski definition) is 5. The van der Waals surface area contributed by atoms with Gasteiger partial charge in [-0.3, -0.25) is 9.59 Å². The fourth-order valence-corrected chi connectivity index (χ4v) is 3.36. The molecule has 4 rings (SSSR count). The van der Waals surface area contributed by atoms with Gasteiger partial charge < -0.3 is 19.9 Å². The van der Waals surface area contributed by atoms with E-state index in [4.69, 9.17) is 4.74 Å². The molecule has 2 saturated heterocycles. The maximum Gasteiger partial charge on any atom is 0.255 e. The second-order valence-corrected chi connectivity index (χ2v) is 6.65. The Labute approximate surface area is 157 Å². The van der Waals surface area contributed by atoms with Gasteiger partial charge in [0.15, 0.2) is 0 Å². The first-order valence-electron chi connectivity index (χ1n) is 9.21. The Morgan fingerprint density at radius 1 is 1.04 bits per heavy atom. The van der Waals surface area contributed by atoms with Crippen molar-refractivity contribution in [2.75, 3.05) is 48.0 Å². The topological polar surface area (TPSA) is 74.8 Å². The molecule has 1 N–H and O–H groups in total. The summed E-state index contributed by atoms with van der Waals surface area (Å²) >= 11 is 0.